The Balaban J connectivity index is 1.54. The zero-order chi connectivity index (χ0) is 17.8. The van der Waals surface area contributed by atoms with E-state index < -0.39 is 0 Å². The van der Waals surface area contributed by atoms with Crippen LogP contribution in [0.25, 0.3) is 0 Å². The van der Waals surface area contributed by atoms with Gasteiger partial charge in [-0.25, -0.2) is 0 Å². The molecule has 0 aromatic heterocycles. The number of rotatable bonds is 4. The number of hydrogen-bond acceptors (Lipinski definition) is 3. The van der Waals surface area contributed by atoms with Crippen LogP contribution in [0.5, 0.6) is 0 Å². The first kappa shape index (κ1) is 18.0. The quantitative estimate of drug-likeness (QED) is 0.756. The molecule has 0 aliphatic carbocycles. The first-order valence-corrected chi connectivity index (χ1v) is 9.22. The second-order valence-corrected chi connectivity index (χ2v) is 7.34. The molecular formula is C21H26ClN3. The van der Waals surface area contributed by atoms with E-state index in [9.17, 15) is 0 Å². The van der Waals surface area contributed by atoms with Gasteiger partial charge < -0.3 is 0 Å². The molecule has 4 heteroatoms. The van der Waals surface area contributed by atoms with Gasteiger partial charge in [-0.3, -0.25) is 9.91 Å². The van der Waals surface area contributed by atoms with Gasteiger partial charge in [0.05, 0.1) is 6.21 Å². The fourth-order valence-corrected chi connectivity index (χ4v) is 3.52. The highest BCUT2D eigenvalue weighted by molar-refractivity contribution is 6.30. The van der Waals surface area contributed by atoms with E-state index in [1.165, 1.54) is 22.3 Å². The molecule has 0 radical (unpaired) electrons. The Morgan fingerprint density at radius 2 is 1.56 bits per heavy atom. The summed E-state index contributed by atoms with van der Waals surface area (Å²) in [6.07, 6.45) is 1.92. The van der Waals surface area contributed by atoms with Crippen LogP contribution in [0.15, 0.2) is 41.5 Å². The molecule has 1 aliphatic rings. The molecule has 25 heavy (non-hydrogen) atoms. The molecule has 0 N–H and O–H groups in total. The first-order valence-electron chi connectivity index (χ1n) is 8.85. The number of benzene rings is 2. The first-order chi connectivity index (χ1) is 12.0. The van der Waals surface area contributed by atoms with Crippen LogP contribution in [-0.4, -0.2) is 42.3 Å². The van der Waals surface area contributed by atoms with Crippen molar-refractivity contribution in [3.63, 3.8) is 0 Å². The number of nitrogens with zero attached hydrogens (tertiary/aromatic N) is 3. The minimum absolute atomic E-state index is 0.757. The number of aryl methyl sites for hydroxylation is 3. The summed E-state index contributed by atoms with van der Waals surface area (Å²) >= 11 is 5.91. The van der Waals surface area contributed by atoms with Crippen molar-refractivity contribution in [1.29, 1.82) is 0 Å². The molecule has 0 amide bonds. The predicted molar refractivity (Wildman–Crippen MR) is 107 cm³/mol. The summed E-state index contributed by atoms with van der Waals surface area (Å²) in [6.45, 7) is 11.7. The van der Waals surface area contributed by atoms with Gasteiger partial charge in [0, 0.05) is 37.7 Å². The fraction of sp³-hybridized carbons (Fsp3) is 0.381. The van der Waals surface area contributed by atoms with Crippen molar-refractivity contribution < 1.29 is 0 Å². The third-order valence-electron chi connectivity index (χ3n) is 4.81. The molecule has 3 rings (SSSR count). The number of halogens is 1. The Hall–Kier alpha value is -1.84. The van der Waals surface area contributed by atoms with E-state index in [4.69, 9.17) is 11.6 Å². The average Bonchev–Trinajstić information content (AvgIpc) is 2.59. The lowest BCUT2D eigenvalue weighted by atomic mass is 9.99. The normalized spacial score (nSPS) is 15.9. The van der Waals surface area contributed by atoms with E-state index in [2.05, 4.69) is 47.9 Å². The third-order valence-corrected chi connectivity index (χ3v) is 5.06. The van der Waals surface area contributed by atoms with Gasteiger partial charge in [-0.1, -0.05) is 41.4 Å². The molecule has 1 fully saturated rings. The molecule has 1 aliphatic heterocycles. The van der Waals surface area contributed by atoms with Crippen LogP contribution in [0.4, 0.5) is 0 Å². The van der Waals surface area contributed by atoms with Gasteiger partial charge in [-0.15, -0.1) is 0 Å². The second-order valence-electron chi connectivity index (χ2n) is 6.90. The van der Waals surface area contributed by atoms with E-state index in [-0.39, 0.29) is 0 Å². The Bertz CT molecular complexity index is 721. The Morgan fingerprint density at radius 3 is 2.16 bits per heavy atom. The van der Waals surface area contributed by atoms with Gasteiger partial charge in [0.15, 0.2) is 0 Å². The predicted octanol–water partition coefficient (Wildman–Crippen LogP) is 4.42. The van der Waals surface area contributed by atoms with Crippen LogP contribution in [0, 0.1) is 20.8 Å². The zero-order valence-electron chi connectivity index (χ0n) is 15.3. The van der Waals surface area contributed by atoms with Crippen LogP contribution in [-0.2, 0) is 6.54 Å². The summed E-state index contributed by atoms with van der Waals surface area (Å²) in [4.78, 5) is 2.53. The van der Waals surface area contributed by atoms with Crippen LogP contribution >= 0.6 is 11.6 Å². The number of piperazine rings is 1. The average molecular weight is 356 g/mol. The van der Waals surface area contributed by atoms with Crippen molar-refractivity contribution in [3.05, 3.63) is 69.2 Å². The van der Waals surface area contributed by atoms with Crippen LogP contribution in [0.1, 0.15) is 27.8 Å². The lowest BCUT2D eigenvalue weighted by molar-refractivity contribution is 0.131. The maximum absolute atomic E-state index is 5.91. The molecule has 1 saturated heterocycles. The van der Waals surface area contributed by atoms with Gasteiger partial charge in [0.25, 0.3) is 0 Å². The minimum Gasteiger partial charge on any atom is -0.295 e. The lowest BCUT2D eigenvalue weighted by Gasteiger charge is -2.33. The fourth-order valence-electron chi connectivity index (χ4n) is 3.39. The number of hydrazone groups is 1. The van der Waals surface area contributed by atoms with Crippen LogP contribution in [0.3, 0.4) is 0 Å². The molecule has 0 spiro atoms. The molecule has 132 valence electrons. The summed E-state index contributed by atoms with van der Waals surface area (Å²) in [5.74, 6) is 0. The molecular weight excluding hydrogens is 330 g/mol. The van der Waals surface area contributed by atoms with Gasteiger partial charge in [0.1, 0.15) is 0 Å². The van der Waals surface area contributed by atoms with Crippen molar-refractivity contribution >= 4 is 17.8 Å². The smallest absolute Gasteiger partial charge is 0.0542 e. The van der Waals surface area contributed by atoms with Crippen molar-refractivity contribution in [2.75, 3.05) is 26.2 Å². The molecule has 0 atom stereocenters. The van der Waals surface area contributed by atoms with Gasteiger partial charge in [0.2, 0.25) is 0 Å². The molecule has 2 aromatic rings. The van der Waals surface area contributed by atoms with Crippen LogP contribution < -0.4 is 0 Å². The van der Waals surface area contributed by atoms with E-state index in [1.807, 2.05) is 30.5 Å². The molecule has 1 heterocycles. The monoisotopic (exact) mass is 355 g/mol. The zero-order valence-corrected chi connectivity index (χ0v) is 16.1. The van der Waals surface area contributed by atoms with Crippen molar-refractivity contribution in [1.82, 2.24) is 9.91 Å². The van der Waals surface area contributed by atoms with Crippen molar-refractivity contribution in [3.8, 4) is 0 Å². The van der Waals surface area contributed by atoms with Gasteiger partial charge in [-0.2, -0.15) is 5.10 Å². The van der Waals surface area contributed by atoms with E-state index in [0.29, 0.717) is 0 Å². The maximum atomic E-state index is 5.91. The highest BCUT2D eigenvalue weighted by Crippen LogP contribution is 2.19. The summed E-state index contributed by atoms with van der Waals surface area (Å²) < 4.78 is 0. The molecule has 3 nitrogen and oxygen atoms in total. The van der Waals surface area contributed by atoms with Crippen molar-refractivity contribution in [2.45, 2.75) is 27.3 Å². The molecule has 0 bridgehead atoms. The SMILES string of the molecule is Cc1cc(C)c(CN2CCN(/N=C/c3ccc(Cl)cc3)CC2)c(C)c1. The van der Waals surface area contributed by atoms with E-state index in [1.54, 1.807) is 0 Å². The lowest BCUT2D eigenvalue weighted by Crippen LogP contribution is -2.43. The topological polar surface area (TPSA) is 18.8 Å². The Morgan fingerprint density at radius 1 is 0.960 bits per heavy atom. The molecule has 2 aromatic carbocycles. The Labute approximate surface area is 155 Å². The molecule has 0 saturated carbocycles. The largest absolute Gasteiger partial charge is 0.295 e. The van der Waals surface area contributed by atoms with Gasteiger partial charge >= 0.3 is 0 Å². The second kappa shape index (κ2) is 8.03. The minimum atomic E-state index is 0.757. The molecule has 0 unspecified atom stereocenters. The maximum Gasteiger partial charge on any atom is 0.0542 e. The van der Waals surface area contributed by atoms with E-state index in [0.717, 1.165) is 43.3 Å². The van der Waals surface area contributed by atoms with Crippen molar-refractivity contribution in [2.24, 2.45) is 5.10 Å². The summed E-state index contributed by atoms with van der Waals surface area (Å²) in [5.41, 5.74) is 6.71. The standard InChI is InChI=1S/C21H26ClN3/c1-16-12-17(2)21(18(3)13-16)15-24-8-10-25(11-9-24)23-14-19-4-6-20(22)7-5-19/h4-7,12-14H,8-11,15H2,1-3H3/b23-14+. The third kappa shape index (κ3) is 4.83. The van der Waals surface area contributed by atoms with Crippen LogP contribution in [0.2, 0.25) is 5.02 Å². The van der Waals surface area contributed by atoms with Gasteiger partial charge in [-0.05, 0) is 55.2 Å². The Kier molecular flexibility index (Phi) is 5.77. The highest BCUT2D eigenvalue weighted by Gasteiger charge is 2.17. The summed E-state index contributed by atoms with van der Waals surface area (Å²) in [5, 5.41) is 7.52. The van der Waals surface area contributed by atoms with E-state index >= 15 is 0 Å². The highest BCUT2D eigenvalue weighted by atomic mass is 35.5. The summed E-state index contributed by atoms with van der Waals surface area (Å²) in [7, 11) is 0. The number of hydrogen-bond donors (Lipinski definition) is 0. The summed E-state index contributed by atoms with van der Waals surface area (Å²) in [6, 6.07) is 12.3.